The van der Waals surface area contributed by atoms with Crippen molar-refractivity contribution >= 4 is 11.6 Å². The molecule has 0 spiro atoms. The Labute approximate surface area is 130 Å². The maximum absolute atomic E-state index is 6.11. The first-order valence-electron chi connectivity index (χ1n) is 6.99. The number of benzene rings is 2. The summed E-state index contributed by atoms with van der Waals surface area (Å²) < 4.78 is 11.3. The number of hydrogen-bond donors (Lipinski definition) is 1. The third kappa shape index (κ3) is 4.38. The SMILES string of the molecule is CCNC(COc1ccccc1)c1cc(Cl)ccc1OC. The van der Waals surface area contributed by atoms with Gasteiger partial charge in [0, 0.05) is 10.6 Å². The number of hydrogen-bond acceptors (Lipinski definition) is 3. The maximum Gasteiger partial charge on any atom is 0.123 e. The summed E-state index contributed by atoms with van der Waals surface area (Å²) >= 11 is 6.11. The van der Waals surface area contributed by atoms with E-state index in [2.05, 4.69) is 12.2 Å². The fourth-order valence-electron chi connectivity index (χ4n) is 2.18. The van der Waals surface area contributed by atoms with Gasteiger partial charge in [0.15, 0.2) is 0 Å². The Morgan fingerprint density at radius 1 is 1.14 bits per heavy atom. The highest BCUT2D eigenvalue weighted by atomic mass is 35.5. The van der Waals surface area contributed by atoms with Crippen molar-refractivity contribution in [3.63, 3.8) is 0 Å². The van der Waals surface area contributed by atoms with Gasteiger partial charge in [-0.3, -0.25) is 0 Å². The molecule has 1 atom stereocenters. The smallest absolute Gasteiger partial charge is 0.123 e. The van der Waals surface area contributed by atoms with Gasteiger partial charge in [-0.1, -0.05) is 36.7 Å². The topological polar surface area (TPSA) is 30.5 Å². The summed E-state index contributed by atoms with van der Waals surface area (Å²) in [5, 5.41) is 4.10. The molecule has 3 nitrogen and oxygen atoms in total. The van der Waals surface area contributed by atoms with Crippen molar-refractivity contribution in [2.24, 2.45) is 0 Å². The maximum atomic E-state index is 6.11. The lowest BCUT2D eigenvalue weighted by Gasteiger charge is -2.21. The molecule has 0 aliphatic rings. The van der Waals surface area contributed by atoms with Crippen LogP contribution in [0.15, 0.2) is 48.5 Å². The predicted octanol–water partition coefficient (Wildman–Crippen LogP) is 4.08. The highest BCUT2D eigenvalue weighted by Crippen LogP contribution is 2.29. The fraction of sp³-hybridized carbons (Fsp3) is 0.294. The van der Waals surface area contributed by atoms with Crippen molar-refractivity contribution in [1.29, 1.82) is 0 Å². The number of rotatable bonds is 7. The van der Waals surface area contributed by atoms with E-state index in [1.54, 1.807) is 7.11 Å². The zero-order valence-corrected chi connectivity index (χ0v) is 13.1. The van der Waals surface area contributed by atoms with Gasteiger partial charge in [0.1, 0.15) is 18.1 Å². The summed E-state index contributed by atoms with van der Waals surface area (Å²) in [5.74, 6) is 1.66. The highest BCUT2D eigenvalue weighted by molar-refractivity contribution is 6.30. The summed E-state index contributed by atoms with van der Waals surface area (Å²) in [6, 6.07) is 15.4. The van der Waals surface area contributed by atoms with E-state index in [1.165, 1.54) is 0 Å². The second-order valence-electron chi connectivity index (χ2n) is 4.62. The Hall–Kier alpha value is -1.71. The van der Waals surface area contributed by atoms with Crippen LogP contribution in [0.5, 0.6) is 11.5 Å². The molecule has 2 aromatic rings. The van der Waals surface area contributed by atoms with Gasteiger partial charge in [-0.25, -0.2) is 0 Å². The molecule has 0 saturated heterocycles. The van der Waals surface area contributed by atoms with Crippen molar-refractivity contribution < 1.29 is 9.47 Å². The standard InChI is InChI=1S/C17H20ClNO2/c1-3-19-16(12-21-14-7-5-4-6-8-14)15-11-13(18)9-10-17(15)20-2/h4-11,16,19H,3,12H2,1-2H3. The summed E-state index contributed by atoms with van der Waals surface area (Å²) in [6.45, 7) is 3.40. The van der Waals surface area contributed by atoms with Crippen LogP contribution < -0.4 is 14.8 Å². The molecular formula is C17H20ClNO2. The van der Waals surface area contributed by atoms with E-state index in [0.717, 1.165) is 23.6 Å². The second-order valence-corrected chi connectivity index (χ2v) is 5.06. The Kier molecular flexibility index (Phi) is 5.90. The number of para-hydroxylation sites is 1. The van der Waals surface area contributed by atoms with E-state index in [1.807, 2.05) is 48.5 Å². The van der Waals surface area contributed by atoms with Gasteiger partial charge in [-0.05, 0) is 36.9 Å². The Balaban J connectivity index is 2.16. The van der Waals surface area contributed by atoms with Crippen LogP contribution in [0.3, 0.4) is 0 Å². The van der Waals surface area contributed by atoms with Crippen molar-refractivity contribution in [3.8, 4) is 11.5 Å². The molecule has 0 aromatic heterocycles. The minimum Gasteiger partial charge on any atom is -0.496 e. The van der Waals surface area contributed by atoms with Crippen LogP contribution in [-0.2, 0) is 0 Å². The molecule has 0 amide bonds. The molecule has 0 radical (unpaired) electrons. The Morgan fingerprint density at radius 2 is 1.90 bits per heavy atom. The number of halogens is 1. The van der Waals surface area contributed by atoms with Crippen LogP contribution in [0.4, 0.5) is 0 Å². The molecule has 0 aliphatic carbocycles. The zero-order chi connectivity index (χ0) is 15.1. The van der Waals surface area contributed by atoms with Crippen LogP contribution in [-0.4, -0.2) is 20.3 Å². The van der Waals surface area contributed by atoms with E-state index >= 15 is 0 Å². The average Bonchev–Trinajstić information content (AvgIpc) is 2.52. The quantitative estimate of drug-likeness (QED) is 0.836. The molecule has 4 heteroatoms. The van der Waals surface area contributed by atoms with Gasteiger partial charge in [0.05, 0.1) is 13.2 Å². The second kappa shape index (κ2) is 7.91. The van der Waals surface area contributed by atoms with Crippen molar-refractivity contribution in [3.05, 3.63) is 59.1 Å². The van der Waals surface area contributed by atoms with Gasteiger partial charge in [-0.2, -0.15) is 0 Å². The van der Waals surface area contributed by atoms with Crippen molar-refractivity contribution in [1.82, 2.24) is 5.32 Å². The monoisotopic (exact) mass is 305 g/mol. The third-order valence-corrected chi connectivity index (χ3v) is 3.41. The normalized spacial score (nSPS) is 12.0. The van der Waals surface area contributed by atoms with E-state index < -0.39 is 0 Å². The molecule has 0 heterocycles. The molecule has 0 saturated carbocycles. The lowest BCUT2D eigenvalue weighted by atomic mass is 10.1. The lowest BCUT2D eigenvalue weighted by molar-refractivity contribution is 0.264. The molecule has 1 N–H and O–H groups in total. The number of nitrogens with one attached hydrogen (secondary N) is 1. The van der Waals surface area contributed by atoms with Crippen LogP contribution in [0.2, 0.25) is 5.02 Å². The van der Waals surface area contributed by atoms with E-state index in [-0.39, 0.29) is 6.04 Å². The van der Waals surface area contributed by atoms with Gasteiger partial charge in [0.25, 0.3) is 0 Å². The van der Waals surface area contributed by atoms with Crippen LogP contribution in [0.25, 0.3) is 0 Å². The summed E-state index contributed by atoms with van der Waals surface area (Å²) in [6.07, 6.45) is 0. The number of ether oxygens (including phenoxy) is 2. The average molecular weight is 306 g/mol. The summed E-state index contributed by atoms with van der Waals surface area (Å²) in [7, 11) is 1.66. The van der Waals surface area contributed by atoms with Gasteiger partial charge in [-0.15, -0.1) is 0 Å². The van der Waals surface area contributed by atoms with Gasteiger partial charge in [0.2, 0.25) is 0 Å². The van der Waals surface area contributed by atoms with E-state index in [4.69, 9.17) is 21.1 Å². The molecule has 112 valence electrons. The fourth-order valence-corrected chi connectivity index (χ4v) is 2.36. The molecule has 2 rings (SSSR count). The molecule has 0 aliphatic heterocycles. The predicted molar refractivity (Wildman–Crippen MR) is 86.4 cm³/mol. The zero-order valence-electron chi connectivity index (χ0n) is 12.3. The first-order chi connectivity index (χ1) is 10.2. The first kappa shape index (κ1) is 15.7. The molecule has 21 heavy (non-hydrogen) atoms. The van der Waals surface area contributed by atoms with Crippen molar-refractivity contribution in [2.75, 3.05) is 20.3 Å². The molecule has 2 aromatic carbocycles. The van der Waals surface area contributed by atoms with Crippen molar-refractivity contribution in [2.45, 2.75) is 13.0 Å². The van der Waals surface area contributed by atoms with E-state index in [0.29, 0.717) is 11.6 Å². The molecular weight excluding hydrogens is 286 g/mol. The molecule has 0 fully saturated rings. The number of likely N-dealkylation sites (N-methyl/N-ethyl adjacent to an activating group) is 1. The number of methoxy groups -OCH3 is 1. The van der Waals surface area contributed by atoms with E-state index in [9.17, 15) is 0 Å². The lowest BCUT2D eigenvalue weighted by Crippen LogP contribution is -2.27. The summed E-state index contributed by atoms with van der Waals surface area (Å²) in [5.41, 5.74) is 1.00. The molecule has 0 bridgehead atoms. The van der Waals surface area contributed by atoms with Crippen LogP contribution in [0.1, 0.15) is 18.5 Å². The minimum atomic E-state index is 0.0175. The van der Waals surface area contributed by atoms with Gasteiger partial charge >= 0.3 is 0 Å². The third-order valence-electron chi connectivity index (χ3n) is 3.18. The molecule has 1 unspecified atom stereocenters. The Bertz CT molecular complexity index is 560. The van der Waals surface area contributed by atoms with Crippen LogP contribution in [0, 0.1) is 0 Å². The largest absolute Gasteiger partial charge is 0.496 e. The minimum absolute atomic E-state index is 0.0175. The first-order valence-corrected chi connectivity index (χ1v) is 7.37. The Morgan fingerprint density at radius 3 is 2.57 bits per heavy atom. The van der Waals surface area contributed by atoms with Gasteiger partial charge < -0.3 is 14.8 Å². The summed E-state index contributed by atoms with van der Waals surface area (Å²) in [4.78, 5) is 0. The highest BCUT2D eigenvalue weighted by Gasteiger charge is 2.16. The van der Waals surface area contributed by atoms with Crippen LogP contribution >= 0.6 is 11.6 Å².